The Bertz CT molecular complexity index is 729. The predicted molar refractivity (Wildman–Crippen MR) is 85.8 cm³/mol. The Hall–Kier alpha value is -2.77. The average Bonchev–Trinajstić information content (AvgIpc) is 3.02. The molecule has 2 aromatic heterocycles. The molecule has 126 valence electrons. The average molecular weight is 328 g/mol. The van der Waals surface area contributed by atoms with E-state index in [0.29, 0.717) is 18.5 Å². The summed E-state index contributed by atoms with van der Waals surface area (Å²) in [5.74, 6) is 0.0356. The summed E-state index contributed by atoms with van der Waals surface area (Å²) in [6.07, 6.45) is 9.27. The first-order chi connectivity index (χ1) is 11.6. The molecule has 24 heavy (non-hydrogen) atoms. The third-order valence-corrected chi connectivity index (χ3v) is 4.40. The van der Waals surface area contributed by atoms with Crippen LogP contribution in [0.15, 0.2) is 31.1 Å². The summed E-state index contributed by atoms with van der Waals surface area (Å²) < 4.78 is 1.72. The van der Waals surface area contributed by atoms with E-state index in [2.05, 4.69) is 20.4 Å². The van der Waals surface area contributed by atoms with E-state index in [1.54, 1.807) is 22.8 Å². The first kappa shape index (κ1) is 16.1. The zero-order chi connectivity index (χ0) is 17.1. The number of piperidine rings is 1. The second-order valence-corrected chi connectivity index (χ2v) is 6.03. The molecule has 1 saturated heterocycles. The molecular formula is C16H20N6O2. The van der Waals surface area contributed by atoms with Gasteiger partial charge in [-0.15, -0.1) is 0 Å². The lowest BCUT2D eigenvalue weighted by molar-refractivity contribution is -0.136. The quantitative estimate of drug-likeness (QED) is 0.885. The summed E-state index contributed by atoms with van der Waals surface area (Å²) in [4.78, 5) is 33.7. The Morgan fingerprint density at radius 3 is 2.71 bits per heavy atom. The third kappa shape index (κ3) is 3.27. The van der Waals surface area contributed by atoms with Crippen LogP contribution in [0.4, 0.5) is 0 Å². The van der Waals surface area contributed by atoms with Gasteiger partial charge in [0.2, 0.25) is 5.91 Å². The van der Waals surface area contributed by atoms with Crippen LogP contribution >= 0.6 is 0 Å². The standard InChI is InChI=1S/C16H20N6O2/c1-21-9-13(8-20-21)15-11(3-4-14(23)22(15)2)7-19-16(24)12-5-17-10-18-6-12/h5-6,8-11,15H,3-4,7H2,1-2H3,(H,19,24)/t11-,15+/m1/s1. The van der Waals surface area contributed by atoms with Crippen molar-refractivity contribution in [2.75, 3.05) is 13.6 Å². The van der Waals surface area contributed by atoms with Crippen molar-refractivity contribution in [2.24, 2.45) is 13.0 Å². The molecule has 1 aliphatic rings. The van der Waals surface area contributed by atoms with Gasteiger partial charge in [-0.25, -0.2) is 9.97 Å². The second-order valence-electron chi connectivity index (χ2n) is 6.03. The number of likely N-dealkylation sites (tertiary alicyclic amines) is 1. The van der Waals surface area contributed by atoms with E-state index in [1.165, 1.54) is 18.7 Å². The van der Waals surface area contributed by atoms with Gasteiger partial charge in [0.15, 0.2) is 0 Å². The number of nitrogens with one attached hydrogen (secondary N) is 1. The molecule has 2 aromatic rings. The molecule has 0 aliphatic carbocycles. The molecule has 1 fully saturated rings. The van der Waals surface area contributed by atoms with Crippen LogP contribution in [0, 0.1) is 5.92 Å². The first-order valence-electron chi connectivity index (χ1n) is 7.83. The summed E-state index contributed by atoms with van der Waals surface area (Å²) in [7, 11) is 3.65. The number of rotatable bonds is 4. The van der Waals surface area contributed by atoms with Crippen LogP contribution in [0.2, 0.25) is 0 Å². The van der Waals surface area contributed by atoms with Gasteiger partial charge in [-0.1, -0.05) is 0 Å². The van der Waals surface area contributed by atoms with E-state index in [1.807, 2.05) is 13.2 Å². The Labute approximate surface area is 139 Å². The van der Waals surface area contributed by atoms with Gasteiger partial charge in [-0.2, -0.15) is 5.10 Å². The minimum atomic E-state index is -0.208. The molecule has 0 bridgehead atoms. The van der Waals surface area contributed by atoms with Crippen molar-refractivity contribution >= 4 is 11.8 Å². The van der Waals surface area contributed by atoms with Crippen molar-refractivity contribution in [3.05, 3.63) is 42.2 Å². The van der Waals surface area contributed by atoms with Gasteiger partial charge in [0, 0.05) is 57.1 Å². The van der Waals surface area contributed by atoms with Crippen LogP contribution < -0.4 is 5.32 Å². The lowest BCUT2D eigenvalue weighted by Crippen LogP contribution is -2.44. The first-order valence-corrected chi connectivity index (χ1v) is 7.83. The zero-order valence-corrected chi connectivity index (χ0v) is 13.7. The maximum atomic E-state index is 12.2. The highest BCUT2D eigenvalue weighted by molar-refractivity contribution is 5.93. The fourth-order valence-corrected chi connectivity index (χ4v) is 3.16. The topological polar surface area (TPSA) is 93.0 Å². The third-order valence-electron chi connectivity index (χ3n) is 4.40. The zero-order valence-electron chi connectivity index (χ0n) is 13.7. The molecule has 8 nitrogen and oxygen atoms in total. The molecule has 8 heteroatoms. The molecule has 0 saturated carbocycles. The lowest BCUT2D eigenvalue weighted by Gasteiger charge is -2.38. The normalized spacial score (nSPS) is 20.9. The molecule has 2 amide bonds. The fraction of sp³-hybridized carbons (Fsp3) is 0.438. The minimum absolute atomic E-state index is 0.0905. The number of nitrogens with zero attached hydrogens (tertiary/aromatic N) is 5. The van der Waals surface area contributed by atoms with Crippen LogP contribution in [0.3, 0.4) is 0 Å². The van der Waals surface area contributed by atoms with E-state index in [4.69, 9.17) is 0 Å². The van der Waals surface area contributed by atoms with Gasteiger partial charge in [0.25, 0.3) is 5.91 Å². The van der Waals surface area contributed by atoms with E-state index in [0.717, 1.165) is 12.0 Å². The summed E-state index contributed by atoms with van der Waals surface area (Å²) in [5.41, 5.74) is 1.41. The highest BCUT2D eigenvalue weighted by Gasteiger charge is 2.35. The number of hydrogen-bond acceptors (Lipinski definition) is 5. The number of carbonyl (C=O) groups is 2. The van der Waals surface area contributed by atoms with Crippen LogP contribution in [0.5, 0.6) is 0 Å². The number of amides is 2. The van der Waals surface area contributed by atoms with Gasteiger partial charge in [-0.3, -0.25) is 14.3 Å². The molecule has 0 radical (unpaired) electrons. The molecule has 0 unspecified atom stereocenters. The van der Waals surface area contributed by atoms with Crippen molar-refractivity contribution < 1.29 is 9.59 Å². The van der Waals surface area contributed by atoms with Crippen LogP contribution in [0.25, 0.3) is 0 Å². The van der Waals surface area contributed by atoms with Crippen LogP contribution in [-0.4, -0.2) is 50.1 Å². The molecule has 0 spiro atoms. The Balaban J connectivity index is 1.72. The Morgan fingerprint density at radius 1 is 1.29 bits per heavy atom. The monoisotopic (exact) mass is 328 g/mol. The Morgan fingerprint density at radius 2 is 2.04 bits per heavy atom. The SMILES string of the molecule is CN1C(=O)CC[C@H](CNC(=O)c2cncnc2)[C@H]1c1cnn(C)c1. The molecule has 3 rings (SSSR count). The number of aryl methyl sites for hydroxylation is 1. The predicted octanol–water partition coefficient (Wildman–Crippen LogP) is 0.550. The molecular weight excluding hydrogens is 308 g/mol. The second kappa shape index (κ2) is 6.77. The lowest BCUT2D eigenvalue weighted by atomic mass is 9.85. The van der Waals surface area contributed by atoms with Crippen molar-refractivity contribution in [1.29, 1.82) is 0 Å². The maximum Gasteiger partial charge on any atom is 0.254 e. The summed E-state index contributed by atoms with van der Waals surface area (Å²) in [6.45, 7) is 0.477. The summed E-state index contributed by atoms with van der Waals surface area (Å²) in [6, 6.07) is -0.0905. The molecule has 1 N–H and O–H groups in total. The Kier molecular flexibility index (Phi) is 4.54. The smallest absolute Gasteiger partial charge is 0.254 e. The van der Waals surface area contributed by atoms with Crippen molar-refractivity contribution in [3.8, 4) is 0 Å². The van der Waals surface area contributed by atoms with Crippen molar-refractivity contribution in [1.82, 2.24) is 30.0 Å². The molecule has 1 aliphatic heterocycles. The van der Waals surface area contributed by atoms with Gasteiger partial charge in [-0.05, 0) is 6.42 Å². The van der Waals surface area contributed by atoms with Gasteiger partial charge >= 0.3 is 0 Å². The highest BCUT2D eigenvalue weighted by Crippen LogP contribution is 2.35. The largest absolute Gasteiger partial charge is 0.352 e. The van der Waals surface area contributed by atoms with Gasteiger partial charge < -0.3 is 10.2 Å². The van der Waals surface area contributed by atoms with Crippen LogP contribution in [-0.2, 0) is 11.8 Å². The van der Waals surface area contributed by atoms with Gasteiger partial charge in [0.1, 0.15) is 6.33 Å². The van der Waals surface area contributed by atoms with E-state index >= 15 is 0 Å². The summed E-state index contributed by atoms with van der Waals surface area (Å²) >= 11 is 0. The molecule has 0 aromatic carbocycles. The minimum Gasteiger partial charge on any atom is -0.352 e. The van der Waals surface area contributed by atoms with Crippen molar-refractivity contribution in [2.45, 2.75) is 18.9 Å². The number of carbonyl (C=O) groups excluding carboxylic acids is 2. The van der Waals surface area contributed by atoms with E-state index in [9.17, 15) is 9.59 Å². The number of aromatic nitrogens is 4. The maximum absolute atomic E-state index is 12.2. The van der Waals surface area contributed by atoms with E-state index in [-0.39, 0.29) is 23.8 Å². The fourth-order valence-electron chi connectivity index (χ4n) is 3.16. The number of hydrogen-bond donors (Lipinski definition) is 1. The van der Waals surface area contributed by atoms with E-state index < -0.39 is 0 Å². The summed E-state index contributed by atoms with van der Waals surface area (Å²) in [5, 5.41) is 7.13. The van der Waals surface area contributed by atoms with Crippen molar-refractivity contribution in [3.63, 3.8) is 0 Å². The highest BCUT2D eigenvalue weighted by atomic mass is 16.2. The van der Waals surface area contributed by atoms with Crippen LogP contribution in [0.1, 0.15) is 34.8 Å². The van der Waals surface area contributed by atoms with Gasteiger partial charge in [0.05, 0.1) is 17.8 Å². The molecule has 2 atom stereocenters. The molecule has 3 heterocycles.